The Morgan fingerprint density at radius 1 is 0.793 bits per heavy atom. The number of nitrogens with two attached hydrogens (primary N) is 1. The lowest BCUT2D eigenvalue weighted by Gasteiger charge is -2.25. The summed E-state index contributed by atoms with van der Waals surface area (Å²) in [5.41, 5.74) is 5.67. The Hall–Kier alpha value is -2.73. The first-order chi connectivity index (χ1) is 13.3. The summed E-state index contributed by atoms with van der Waals surface area (Å²) >= 11 is 0. The molecule has 8 N–H and O–H groups in total. The van der Waals surface area contributed by atoms with Crippen LogP contribution in [0.2, 0.25) is 0 Å². The Morgan fingerprint density at radius 3 is 1.66 bits per heavy atom. The molecule has 0 saturated heterocycles. The SMILES string of the molecule is CC(C)C(N)C(=O)NC(CO)C(=O)NC(CC(=O)O)C(=O)NC(C(=O)O)C(C)C. The molecule has 0 aromatic heterocycles. The number of carboxylic acids is 2. The predicted octanol–water partition coefficient (Wildman–Crippen LogP) is -2.37. The molecule has 0 spiro atoms. The van der Waals surface area contributed by atoms with Crippen LogP contribution in [0.5, 0.6) is 0 Å². The van der Waals surface area contributed by atoms with Crippen molar-refractivity contribution in [2.75, 3.05) is 6.61 Å². The topological polar surface area (TPSA) is 208 Å². The molecule has 0 aromatic carbocycles. The van der Waals surface area contributed by atoms with Crippen molar-refractivity contribution in [2.24, 2.45) is 17.6 Å². The van der Waals surface area contributed by atoms with Crippen molar-refractivity contribution in [2.45, 2.75) is 58.3 Å². The zero-order valence-corrected chi connectivity index (χ0v) is 16.8. The Kier molecular flexibility index (Phi) is 10.8. The maximum Gasteiger partial charge on any atom is 0.326 e. The number of aliphatic carboxylic acids is 2. The molecule has 0 aromatic rings. The standard InChI is InChI=1S/C17H30N4O8/c1-7(2)12(18)16(27)20-10(6-22)15(26)19-9(5-11(23)24)14(25)21-13(8(3)4)17(28)29/h7-10,12-13,22H,5-6,18H2,1-4H3,(H,19,26)(H,20,27)(H,21,25)(H,23,24)(H,28,29). The molecule has 4 unspecified atom stereocenters. The minimum Gasteiger partial charge on any atom is -0.481 e. The largest absolute Gasteiger partial charge is 0.481 e. The Bertz CT molecular complexity index is 623. The molecule has 0 fully saturated rings. The lowest BCUT2D eigenvalue weighted by atomic mass is 10.0. The number of nitrogens with one attached hydrogen (secondary N) is 3. The molecule has 0 heterocycles. The summed E-state index contributed by atoms with van der Waals surface area (Å²) in [4.78, 5) is 58.9. The molecule has 0 aliphatic carbocycles. The third-order valence-electron chi connectivity index (χ3n) is 4.08. The number of hydrogen-bond donors (Lipinski definition) is 7. The van der Waals surface area contributed by atoms with Crippen molar-refractivity contribution in [3.8, 4) is 0 Å². The highest BCUT2D eigenvalue weighted by molar-refractivity contribution is 5.95. The van der Waals surface area contributed by atoms with Gasteiger partial charge in [0, 0.05) is 0 Å². The van der Waals surface area contributed by atoms with E-state index in [1.165, 1.54) is 0 Å². The molecule has 29 heavy (non-hydrogen) atoms. The van der Waals surface area contributed by atoms with Gasteiger partial charge < -0.3 is 37.0 Å². The van der Waals surface area contributed by atoms with E-state index in [0.29, 0.717) is 0 Å². The van der Waals surface area contributed by atoms with Gasteiger partial charge in [-0.25, -0.2) is 4.79 Å². The highest BCUT2D eigenvalue weighted by Gasteiger charge is 2.32. The van der Waals surface area contributed by atoms with Crippen LogP contribution in [0.3, 0.4) is 0 Å². The maximum absolute atomic E-state index is 12.3. The number of hydrogen-bond acceptors (Lipinski definition) is 7. The Morgan fingerprint density at radius 2 is 1.28 bits per heavy atom. The van der Waals surface area contributed by atoms with Gasteiger partial charge in [0.15, 0.2) is 0 Å². The van der Waals surface area contributed by atoms with Gasteiger partial charge >= 0.3 is 11.9 Å². The van der Waals surface area contributed by atoms with Gasteiger partial charge in [0.2, 0.25) is 17.7 Å². The van der Waals surface area contributed by atoms with E-state index in [-0.39, 0.29) is 5.92 Å². The number of aliphatic hydroxyl groups is 1. The van der Waals surface area contributed by atoms with Crippen LogP contribution < -0.4 is 21.7 Å². The van der Waals surface area contributed by atoms with E-state index < -0.39 is 72.8 Å². The monoisotopic (exact) mass is 418 g/mol. The number of rotatable bonds is 12. The van der Waals surface area contributed by atoms with Crippen molar-refractivity contribution >= 4 is 29.7 Å². The van der Waals surface area contributed by atoms with Gasteiger partial charge in [0.25, 0.3) is 0 Å². The lowest BCUT2D eigenvalue weighted by Crippen LogP contribution is -2.59. The van der Waals surface area contributed by atoms with Crippen LogP contribution in [-0.2, 0) is 24.0 Å². The molecule has 3 amide bonds. The minimum atomic E-state index is -1.62. The van der Waals surface area contributed by atoms with E-state index >= 15 is 0 Å². The molecule has 4 atom stereocenters. The third-order valence-corrected chi connectivity index (χ3v) is 4.08. The van der Waals surface area contributed by atoms with Crippen LogP contribution in [0, 0.1) is 11.8 Å². The minimum absolute atomic E-state index is 0.244. The summed E-state index contributed by atoms with van der Waals surface area (Å²) < 4.78 is 0. The summed E-state index contributed by atoms with van der Waals surface area (Å²) in [6.07, 6.45) is -0.834. The van der Waals surface area contributed by atoms with E-state index in [4.69, 9.17) is 15.9 Å². The second-order valence-corrected chi connectivity index (χ2v) is 7.24. The second kappa shape index (κ2) is 12.0. The van der Waals surface area contributed by atoms with E-state index in [1.54, 1.807) is 27.7 Å². The predicted molar refractivity (Wildman–Crippen MR) is 100 cm³/mol. The summed E-state index contributed by atoms with van der Waals surface area (Å²) in [6.45, 7) is 5.62. The van der Waals surface area contributed by atoms with Crippen LogP contribution in [0.25, 0.3) is 0 Å². The molecule has 0 rings (SSSR count). The van der Waals surface area contributed by atoms with Gasteiger partial charge in [-0.2, -0.15) is 0 Å². The van der Waals surface area contributed by atoms with Gasteiger partial charge in [-0.1, -0.05) is 27.7 Å². The number of aliphatic hydroxyl groups excluding tert-OH is 1. The molecular formula is C17H30N4O8. The van der Waals surface area contributed by atoms with Gasteiger partial charge in [0.1, 0.15) is 18.1 Å². The summed E-state index contributed by atoms with van der Waals surface area (Å²) in [7, 11) is 0. The number of carbonyl (C=O) groups is 5. The van der Waals surface area contributed by atoms with Gasteiger partial charge in [-0.05, 0) is 11.8 Å². The Labute approximate surface area is 168 Å². The van der Waals surface area contributed by atoms with Crippen molar-refractivity contribution < 1.29 is 39.3 Å². The summed E-state index contributed by atoms with van der Waals surface area (Å²) in [5.74, 6) is -6.24. The quantitative estimate of drug-likeness (QED) is 0.180. The Balaban J connectivity index is 5.30. The van der Waals surface area contributed by atoms with Crippen LogP contribution in [0.15, 0.2) is 0 Å². The number of carboxylic acid groups (broad SMARTS) is 2. The lowest BCUT2D eigenvalue weighted by molar-refractivity contribution is -0.144. The first-order valence-electron chi connectivity index (χ1n) is 9.03. The van der Waals surface area contributed by atoms with Gasteiger partial charge in [-0.3, -0.25) is 19.2 Å². The maximum atomic E-state index is 12.3. The van der Waals surface area contributed by atoms with Crippen LogP contribution in [-0.4, -0.2) is 75.8 Å². The van der Waals surface area contributed by atoms with Gasteiger partial charge in [0.05, 0.1) is 19.1 Å². The fourth-order valence-corrected chi connectivity index (χ4v) is 2.19. The van der Waals surface area contributed by atoms with Crippen LogP contribution in [0.1, 0.15) is 34.1 Å². The fraction of sp³-hybridized carbons (Fsp3) is 0.706. The number of carbonyl (C=O) groups excluding carboxylic acids is 3. The first-order valence-corrected chi connectivity index (χ1v) is 9.03. The molecule has 12 nitrogen and oxygen atoms in total. The fourth-order valence-electron chi connectivity index (χ4n) is 2.19. The van der Waals surface area contributed by atoms with Crippen molar-refractivity contribution in [1.29, 1.82) is 0 Å². The zero-order chi connectivity index (χ0) is 22.9. The van der Waals surface area contributed by atoms with E-state index in [9.17, 15) is 29.1 Å². The first kappa shape index (κ1) is 26.3. The molecule has 0 radical (unpaired) electrons. The average Bonchev–Trinajstić information content (AvgIpc) is 2.61. The molecular weight excluding hydrogens is 388 g/mol. The highest BCUT2D eigenvalue weighted by atomic mass is 16.4. The van der Waals surface area contributed by atoms with E-state index in [2.05, 4.69) is 16.0 Å². The van der Waals surface area contributed by atoms with Crippen LogP contribution >= 0.6 is 0 Å². The number of amides is 3. The van der Waals surface area contributed by atoms with Crippen molar-refractivity contribution in [1.82, 2.24) is 16.0 Å². The average molecular weight is 418 g/mol. The summed E-state index contributed by atoms with van der Waals surface area (Å²) in [5, 5.41) is 34.0. The highest BCUT2D eigenvalue weighted by Crippen LogP contribution is 2.04. The van der Waals surface area contributed by atoms with Crippen LogP contribution in [0.4, 0.5) is 0 Å². The second-order valence-electron chi connectivity index (χ2n) is 7.24. The van der Waals surface area contributed by atoms with Gasteiger partial charge in [-0.15, -0.1) is 0 Å². The zero-order valence-electron chi connectivity index (χ0n) is 16.8. The molecule has 12 heteroatoms. The molecule has 166 valence electrons. The van der Waals surface area contributed by atoms with Crippen molar-refractivity contribution in [3.05, 3.63) is 0 Å². The summed E-state index contributed by atoms with van der Waals surface area (Å²) in [6, 6.07) is -5.34. The third kappa shape index (κ3) is 8.87. The molecule has 0 bridgehead atoms. The smallest absolute Gasteiger partial charge is 0.326 e. The van der Waals surface area contributed by atoms with E-state index in [1.807, 2.05) is 0 Å². The molecule has 0 saturated carbocycles. The van der Waals surface area contributed by atoms with E-state index in [0.717, 1.165) is 0 Å². The normalized spacial score (nSPS) is 15.2. The molecule has 0 aliphatic heterocycles. The molecule has 0 aliphatic rings. The van der Waals surface area contributed by atoms with Crippen molar-refractivity contribution in [3.63, 3.8) is 0 Å².